The average molecular weight is 334 g/mol. The lowest BCUT2D eigenvalue weighted by molar-refractivity contribution is -0.117. The van der Waals surface area contributed by atoms with Gasteiger partial charge in [0.1, 0.15) is 11.6 Å². The van der Waals surface area contributed by atoms with Gasteiger partial charge in [-0.2, -0.15) is 0 Å². The number of nitrogens with one attached hydrogen (secondary N) is 1. The molecule has 0 radical (unpaired) electrons. The van der Waals surface area contributed by atoms with Gasteiger partial charge in [0.2, 0.25) is 0 Å². The van der Waals surface area contributed by atoms with E-state index >= 15 is 0 Å². The van der Waals surface area contributed by atoms with Gasteiger partial charge in [0.25, 0.3) is 0 Å². The number of rotatable bonds is 6. The van der Waals surface area contributed by atoms with Gasteiger partial charge < -0.3 is 5.32 Å². The van der Waals surface area contributed by atoms with E-state index in [2.05, 4.69) is 10.3 Å². The lowest BCUT2D eigenvalue weighted by atomic mass is 9.89. The summed E-state index contributed by atoms with van der Waals surface area (Å²) in [4.78, 5) is 16.2. The summed E-state index contributed by atoms with van der Waals surface area (Å²) < 4.78 is 12.9. The van der Waals surface area contributed by atoms with Crippen molar-refractivity contribution in [3.63, 3.8) is 0 Å². The predicted octanol–water partition coefficient (Wildman–Crippen LogP) is 4.55. The fourth-order valence-electron chi connectivity index (χ4n) is 2.81. The summed E-state index contributed by atoms with van der Waals surface area (Å²) in [5.41, 5.74) is 3.78. The maximum Gasteiger partial charge on any atom is 0.141 e. The molecule has 1 N–H and O–H groups in total. The summed E-state index contributed by atoms with van der Waals surface area (Å²) in [6.07, 6.45) is 3.43. The van der Waals surface area contributed by atoms with E-state index < -0.39 is 0 Å². The maximum absolute atomic E-state index is 12.9. The lowest BCUT2D eigenvalue weighted by Gasteiger charge is -2.15. The van der Waals surface area contributed by atoms with Crippen LogP contribution >= 0.6 is 0 Å². The summed E-state index contributed by atoms with van der Waals surface area (Å²) >= 11 is 0. The number of ketones is 1. The van der Waals surface area contributed by atoms with Crippen LogP contribution < -0.4 is 5.32 Å². The fraction of sp³-hybridized carbons (Fsp3) is 0.143. The first-order valence-corrected chi connectivity index (χ1v) is 8.12. The van der Waals surface area contributed by atoms with E-state index in [0.717, 1.165) is 22.4 Å². The molecule has 0 saturated carbocycles. The third-order valence-corrected chi connectivity index (χ3v) is 4.08. The van der Waals surface area contributed by atoms with E-state index in [-0.39, 0.29) is 17.5 Å². The third kappa shape index (κ3) is 4.29. The molecule has 0 amide bonds. The third-order valence-electron chi connectivity index (χ3n) is 4.08. The first-order chi connectivity index (χ1) is 12.1. The highest BCUT2D eigenvalue weighted by molar-refractivity contribution is 5.86. The molecule has 0 saturated heterocycles. The van der Waals surface area contributed by atoms with Gasteiger partial charge in [-0.15, -0.1) is 0 Å². The molecule has 1 heterocycles. The van der Waals surface area contributed by atoms with Crippen LogP contribution in [0.5, 0.6) is 0 Å². The minimum Gasteiger partial charge on any atom is -0.381 e. The summed E-state index contributed by atoms with van der Waals surface area (Å²) in [7, 11) is 0. The van der Waals surface area contributed by atoms with Crippen LogP contribution in [-0.2, 0) is 11.3 Å². The van der Waals surface area contributed by atoms with Crippen LogP contribution in [-0.4, -0.2) is 10.8 Å². The summed E-state index contributed by atoms with van der Waals surface area (Å²) in [5.74, 6) is -0.460. The fourth-order valence-corrected chi connectivity index (χ4v) is 2.81. The Morgan fingerprint density at radius 1 is 1.04 bits per heavy atom. The predicted molar refractivity (Wildman–Crippen MR) is 96.9 cm³/mol. The van der Waals surface area contributed by atoms with Crippen molar-refractivity contribution in [2.24, 2.45) is 0 Å². The first-order valence-electron chi connectivity index (χ1n) is 8.12. The van der Waals surface area contributed by atoms with E-state index in [1.165, 1.54) is 12.1 Å². The summed E-state index contributed by atoms with van der Waals surface area (Å²) in [6, 6.07) is 18.0. The van der Waals surface area contributed by atoms with Crippen molar-refractivity contribution in [2.75, 3.05) is 5.32 Å². The van der Waals surface area contributed by atoms with Crippen LogP contribution in [0.25, 0.3) is 0 Å². The van der Waals surface area contributed by atoms with E-state index in [0.29, 0.717) is 6.54 Å². The zero-order valence-electron chi connectivity index (χ0n) is 13.9. The van der Waals surface area contributed by atoms with Gasteiger partial charge in [-0.25, -0.2) is 4.39 Å². The molecule has 3 nitrogen and oxygen atoms in total. The van der Waals surface area contributed by atoms with Crippen LogP contribution in [0.15, 0.2) is 73.1 Å². The number of anilines is 1. The number of carbonyl (C=O) groups excluding carboxylic acids is 1. The SMILES string of the molecule is CC(=O)C(c1ccc(NCc2ccc(F)cc2)cc1)c1cccnc1. The van der Waals surface area contributed by atoms with Crippen LogP contribution in [0.3, 0.4) is 0 Å². The zero-order chi connectivity index (χ0) is 17.6. The Bertz CT molecular complexity index is 830. The van der Waals surface area contributed by atoms with Gasteiger partial charge in [-0.05, 0) is 53.9 Å². The monoisotopic (exact) mass is 334 g/mol. The van der Waals surface area contributed by atoms with E-state index in [1.807, 2.05) is 36.4 Å². The van der Waals surface area contributed by atoms with E-state index in [4.69, 9.17) is 0 Å². The van der Waals surface area contributed by atoms with Gasteiger partial charge in [-0.1, -0.05) is 30.3 Å². The van der Waals surface area contributed by atoms with Gasteiger partial charge in [0, 0.05) is 24.6 Å². The Hall–Kier alpha value is -3.01. The van der Waals surface area contributed by atoms with Crippen molar-refractivity contribution in [1.29, 1.82) is 0 Å². The Kier molecular flexibility index (Phi) is 5.19. The van der Waals surface area contributed by atoms with Crippen molar-refractivity contribution in [3.05, 3.63) is 95.6 Å². The molecular weight excluding hydrogens is 315 g/mol. The molecule has 0 fully saturated rings. The van der Waals surface area contributed by atoms with Crippen molar-refractivity contribution < 1.29 is 9.18 Å². The van der Waals surface area contributed by atoms with Crippen LogP contribution in [0, 0.1) is 5.82 Å². The van der Waals surface area contributed by atoms with Gasteiger partial charge >= 0.3 is 0 Å². The molecule has 0 bridgehead atoms. The molecule has 25 heavy (non-hydrogen) atoms. The standard InChI is InChI=1S/C21H19FN2O/c1-15(25)21(18-3-2-12-23-14-18)17-6-10-20(11-7-17)24-13-16-4-8-19(22)9-5-16/h2-12,14,21,24H,13H2,1H3. The molecule has 126 valence electrons. The number of hydrogen-bond donors (Lipinski definition) is 1. The second-order valence-electron chi connectivity index (χ2n) is 5.93. The lowest BCUT2D eigenvalue weighted by Crippen LogP contribution is -2.11. The van der Waals surface area contributed by atoms with Gasteiger partial charge in [0.15, 0.2) is 0 Å². The van der Waals surface area contributed by atoms with Gasteiger partial charge in [-0.3, -0.25) is 9.78 Å². The van der Waals surface area contributed by atoms with Crippen molar-refractivity contribution in [2.45, 2.75) is 19.4 Å². The number of nitrogens with zero attached hydrogens (tertiary/aromatic N) is 1. The number of halogens is 1. The molecule has 3 rings (SSSR count). The molecule has 4 heteroatoms. The Balaban J connectivity index is 1.72. The maximum atomic E-state index is 12.9. The second-order valence-corrected chi connectivity index (χ2v) is 5.93. The molecule has 1 unspecified atom stereocenters. The highest BCUT2D eigenvalue weighted by atomic mass is 19.1. The highest BCUT2D eigenvalue weighted by Gasteiger charge is 2.19. The molecule has 0 spiro atoms. The van der Waals surface area contributed by atoms with Crippen molar-refractivity contribution >= 4 is 11.5 Å². The molecule has 0 aliphatic heterocycles. The van der Waals surface area contributed by atoms with Crippen molar-refractivity contribution in [3.8, 4) is 0 Å². The minimum atomic E-state index is -0.306. The molecular formula is C21H19FN2O. The molecule has 3 aromatic rings. The Morgan fingerprint density at radius 2 is 1.76 bits per heavy atom. The zero-order valence-corrected chi connectivity index (χ0v) is 13.9. The van der Waals surface area contributed by atoms with E-state index in [1.54, 1.807) is 31.5 Å². The second kappa shape index (κ2) is 7.71. The first kappa shape index (κ1) is 16.8. The molecule has 1 atom stereocenters. The number of pyridine rings is 1. The van der Waals surface area contributed by atoms with Gasteiger partial charge in [0.05, 0.1) is 5.92 Å². The van der Waals surface area contributed by atoms with Crippen LogP contribution in [0.2, 0.25) is 0 Å². The average Bonchev–Trinajstić information content (AvgIpc) is 2.63. The molecule has 0 aliphatic rings. The number of hydrogen-bond acceptors (Lipinski definition) is 3. The normalized spacial score (nSPS) is 11.8. The molecule has 0 aliphatic carbocycles. The quantitative estimate of drug-likeness (QED) is 0.719. The topological polar surface area (TPSA) is 42.0 Å². The molecule has 2 aromatic carbocycles. The number of benzene rings is 2. The van der Waals surface area contributed by atoms with Crippen LogP contribution in [0.4, 0.5) is 10.1 Å². The number of Topliss-reactive ketones (excluding diaryl/α,β-unsaturated/α-hetero) is 1. The number of aromatic nitrogens is 1. The summed E-state index contributed by atoms with van der Waals surface area (Å²) in [6.45, 7) is 2.21. The number of carbonyl (C=O) groups is 1. The highest BCUT2D eigenvalue weighted by Crippen LogP contribution is 2.26. The summed E-state index contributed by atoms with van der Waals surface area (Å²) in [5, 5.41) is 3.30. The largest absolute Gasteiger partial charge is 0.381 e. The minimum absolute atomic E-state index is 0.0834. The Morgan fingerprint density at radius 3 is 2.36 bits per heavy atom. The Labute approximate surface area is 146 Å². The smallest absolute Gasteiger partial charge is 0.141 e. The van der Waals surface area contributed by atoms with E-state index in [9.17, 15) is 9.18 Å². The van der Waals surface area contributed by atoms with Crippen LogP contribution in [0.1, 0.15) is 29.5 Å². The molecule has 1 aromatic heterocycles. The van der Waals surface area contributed by atoms with Crippen molar-refractivity contribution in [1.82, 2.24) is 4.98 Å².